The van der Waals surface area contributed by atoms with Gasteiger partial charge in [0, 0.05) is 18.4 Å². The molecule has 0 radical (unpaired) electrons. The molecule has 0 unspecified atom stereocenters. The Balaban J connectivity index is 2.28. The molecule has 0 saturated heterocycles. The third-order valence-corrected chi connectivity index (χ3v) is 2.10. The number of alkyl halides is 3. The lowest BCUT2D eigenvalue weighted by atomic mass is 10.2. The van der Waals surface area contributed by atoms with Gasteiger partial charge in [0.2, 0.25) is 0 Å². The van der Waals surface area contributed by atoms with E-state index in [0.717, 1.165) is 5.56 Å². The molecular formula is C9H9F3N2. The molecule has 1 aliphatic rings. The van der Waals surface area contributed by atoms with Gasteiger partial charge >= 0.3 is 6.18 Å². The van der Waals surface area contributed by atoms with Gasteiger partial charge in [-0.25, -0.2) is 0 Å². The van der Waals surface area contributed by atoms with Crippen molar-refractivity contribution in [1.82, 2.24) is 9.88 Å². The maximum absolute atomic E-state index is 12.1. The summed E-state index contributed by atoms with van der Waals surface area (Å²) in [5.74, 6) is 0. The first kappa shape index (κ1) is 9.18. The quantitative estimate of drug-likeness (QED) is 0.738. The Morgan fingerprint density at radius 1 is 1.43 bits per heavy atom. The predicted molar refractivity (Wildman–Crippen MR) is 46.4 cm³/mol. The predicted octanol–water partition coefficient (Wildman–Crippen LogP) is 2.12. The van der Waals surface area contributed by atoms with Gasteiger partial charge in [-0.3, -0.25) is 0 Å². The van der Waals surface area contributed by atoms with Crippen molar-refractivity contribution in [2.45, 2.75) is 19.3 Å². The topological polar surface area (TPSA) is 17.0 Å². The first-order valence-electron chi connectivity index (χ1n) is 4.21. The molecule has 0 fully saturated rings. The molecule has 1 N–H and O–H groups in total. The molecule has 14 heavy (non-hydrogen) atoms. The molecule has 0 bridgehead atoms. The van der Waals surface area contributed by atoms with E-state index < -0.39 is 12.7 Å². The maximum atomic E-state index is 12.1. The highest BCUT2D eigenvalue weighted by atomic mass is 19.4. The third-order valence-electron chi connectivity index (χ3n) is 2.10. The van der Waals surface area contributed by atoms with Gasteiger partial charge in [0.1, 0.15) is 6.54 Å². The van der Waals surface area contributed by atoms with Crippen molar-refractivity contribution >= 4 is 6.08 Å². The van der Waals surface area contributed by atoms with E-state index in [1.165, 1.54) is 10.8 Å². The van der Waals surface area contributed by atoms with Crippen molar-refractivity contribution in [3.63, 3.8) is 0 Å². The second-order valence-electron chi connectivity index (χ2n) is 3.18. The Labute approximate surface area is 79.0 Å². The zero-order chi connectivity index (χ0) is 10.2. The fraction of sp³-hybridized carbons (Fsp3) is 0.333. The van der Waals surface area contributed by atoms with E-state index in [-0.39, 0.29) is 0 Å². The molecule has 76 valence electrons. The van der Waals surface area contributed by atoms with E-state index in [1.54, 1.807) is 18.3 Å². The molecule has 2 heterocycles. The highest BCUT2D eigenvalue weighted by Gasteiger charge is 2.28. The summed E-state index contributed by atoms with van der Waals surface area (Å²) in [5, 5.41) is 2.94. The van der Waals surface area contributed by atoms with E-state index in [2.05, 4.69) is 5.32 Å². The highest BCUT2D eigenvalue weighted by Crippen LogP contribution is 2.22. The van der Waals surface area contributed by atoms with Gasteiger partial charge in [-0.05, 0) is 23.9 Å². The number of hydrogen-bond donors (Lipinski definition) is 1. The summed E-state index contributed by atoms with van der Waals surface area (Å²) >= 11 is 0. The SMILES string of the molecule is FC(F)(F)Cn1ccc2c1C=CNC2. The highest BCUT2D eigenvalue weighted by molar-refractivity contribution is 5.52. The number of nitrogens with zero attached hydrogens (tertiary/aromatic N) is 1. The largest absolute Gasteiger partial charge is 0.406 e. The minimum absolute atomic E-state index is 0.594. The normalized spacial score (nSPS) is 15.1. The monoisotopic (exact) mass is 202 g/mol. The van der Waals surface area contributed by atoms with Crippen LogP contribution in [0.2, 0.25) is 0 Å². The lowest BCUT2D eigenvalue weighted by Gasteiger charge is -2.13. The van der Waals surface area contributed by atoms with Gasteiger partial charge in [-0.15, -0.1) is 0 Å². The van der Waals surface area contributed by atoms with Crippen molar-refractivity contribution in [2.75, 3.05) is 0 Å². The van der Waals surface area contributed by atoms with Crippen LogP contribution < -0.4 is 5.32 Å². The first-order chi connectivity index (χ1) is 6.56. The van der Waals surface area contributed by atoms with Crippen LogP contribution >= 0.6 is 0 Å². The standard InChI is InChI=1S/C9H9F3N2/c10-9(11,12)6-14-4-2-7-5-13-3-1-8(7)14/h1-4,13H,5-6H2. The number of aromatic nitrogens is 1. The van der Waals surface area contributed by atoms with Gasteiger partial charge in [-0.2, -0.15) is 13.2 Å². The molecule has 2 nitrogen and oxygen atoms in total. The van der Waals surface area contributed by atoms with E-state index >= 15 is 0 Å². The summed E-state index contributed by atoms with van der Waals surface area (Å²) in [6, 6.07) is 1.71. The lowest BCUT2D eigenvalue weighted by molar-refractivity contribution is -0.140. The second kappa shape index (κ2) is 3.08. The summed E-state index contributed by atoms with van der Waals surface area (Å²) in [5.41, 5.74) is 1.54. The van der Waals surface area contributed by atoms with E-state index in [0.29, 0.717) is 12.2 Å². The molecule has 0 atom stereocenters. The minimum atomic E-state index is -4.16. The molecule has 0 spiro atoms. The number of hydrogen-bond acceptors (Lipinski definition) is 1. The molecule has 1 aromatic heterocycles. The Bertz CT molecular complexity index is 363. The van der Waals surface area contributed by atoms with Crippen LogP contribution in [0.1, 0.15) is 11.3 Å². The molecular weight excluding hydrogens is 193 g/mol. The van der Waals surface area contributed by atoms with Crippen LogP contribution in [0.15, 0.2) is 18.5 Å². The van der Waals surface area contributed by atoms with Crippen molar-refractivity contribution < 1.29 is 13.2 Å². The molecule has 0 amide bonds. The van der Waals surface area contributed by atoms with Crippen molar-refractivity contribution in [3.8, 4) is 0 Å². The fourth-order valence-electron chi connectivity index (χ4n) is 1.52. The molecule has 0 saturated carbocycles. The smallest absolute Gasteiger partial charge is 0.387 e. The molecule has 1 aliphatic heterocycles. The van der Waals surface area contributed by atoms with E-state index in [4.69, 9.17) is 0 Å². The van der Waals surface area contributed by atoms with Crippen LogP contribution in [0.3, 0.4) is 0 Å². The van der Waals surface area contributed by atoms with Crippen LogP contribution in [0.5, 0.6) is 0 Å². The van der Waals surface area contributed by atoms with Crippen LogP contribution in [0.25, 0.3) is 6.08 Å². The molecule has 5 heteroatoms. The Morgan fingerprint density at radius 3 is 2.93 bits per heavy atom. The van der Waals surface area contributed by atoms with Crippen molar-refractivity contribution in [3.05, 3.63) is 29.7 Å². The zero-order valence-electron chi connectivity index (χ0n) is 7.30. The van der Waals surface area contributed by atoms with Crippen LogP contribution in [-0.4, -0.2) is 10.7 Å². The number of nitrogens with one attached hydrogen (secondary N) is 1. The second-order valence-corrected chi connectivity index (χ2v) is 3.18. The lowest BCUT2D eigenvalue weighted by Crippen LogP contribution is -2.19. The molecule has 1 aromatic rings. The van der Waals surface area contributed by atoms with E-state index in [1.807, 2.05) is 0 Å². The average molecular weight is 202 g/mol. The van der Waals surface area contributed by atoms with Gasteiger partial charge in [0.25, 0.3) is 0 Å². The van der Waals surface area contributed by atoms with Gasteiger partial charge < -0.3 is 9.88 Å². The molecule has 2 rings (SSSR count). The number of halogens is 3. The number of fused-ring (bicyclic) bond motifs is 1. The van der Waals surface area contributed by atoms with Crippen molar-refractivity contribution in [2.24, 2.45) is 0 Å². The Kier molecular flexibility index (Phi) is 2.02. The van der Waals surface area contributed by atoms with E-state index in [9.17, 15) is 13.2 Å². The van der Waals surface area contributed by atoms with Gasteiger partial charge in [0.15, 0.2) is 0 Å². The zero-order valence-corrected chi connectivity index (χ0v) is 7.30. The Hall–Kier alpha value is -1.39. The van der Waals surface area contributed by atoms with Gasteiger partial charge in [-0.1, -0.05) is 0 Å². The minimum Gasteiger partial charge on any atom is -0.387 e. The summed E-state index contributed by atoms with van der Waals surface area (Å²) < 4.78 is 37.6. The fourth-order valence-corrected chi connectivity index (χ4v) is 1.52. The third kappa shape index (κ3) is 1.76. The maximum Gasteiger partial charge on any atom is 0.406 e. The summed E-state index contributed by atoms with van der Waals surface area (Å²) in [6.45, 7) is -0.330. The summed E-state index contributed by atoms with van der Waals surface area (Å²) in [4.78, 5) is 0. The van der Waals surface area contributed by atoms with Crippen LogP contribution in [0.4, 0.5) is 13.2 Å². The van der Waals surface area contributed by atoms with Gasteiger partial charge in [0.05, 0.1) is 0 Å². The number of rotatable bonds is 1. The van der Waals surface area contributed by atoms with Crippen LogP contribution in [-0.2, 0) is 13.1 Å². The van der Waals surface area contributed by atoms with Crippen molar-refractivity contribution in [1.29, 1.82) is 0 Å². The molecule has 0 aliphatic carbocycles. The summed E-state index contributed by atoms with van der Waals surface area (Å²) in [7, 11) is 0. The summed E-state index contributed by atoms with van der Waals surface area (Å²) in [6.07, 6.45) is 0.626. The average Bonchev–Trinajstić information content (AvgIpc) is 2.47. The van der Waals surface area contributed by atoms with Crippen LogP contribution in [0, 0.1) is 0 Å². The Morgan fingerprint density at radius 2 is 2.21 bits per heavy atom. The molecule has 0 aromatic carbocycles. The first-order valence-corrected chi connectivity index (χ1v) is 4.21.